The zero-order valence-corrected chi connectivity index (χ0v) is 20.4. The largest absolute Gasteiger partial charge is 0.493 e. The SMILES string of the molecule is COc1cccc(C2CC(=O)N(c3ccc(S(N)(=O)=O)cc3)C3=C2C(=O)CC(C)(C)C3)c1OC. The quantitative estimate of drug-likeness (QED) is 0.694. The number of hydrogen-bond donors (Lipinski definition) is 1. The highest BCUT2D eigenvalue weighted by molar-refractivity contribution is 7.89. The number of methoxy groups -OCH3 is 2. The molecule has 1 atom stereocenters. The smallest absolute Gasteiger partial charge is 0.238 e. The van der Waals surface area contributed by atoms with E-state index in [1.165, 1.54) is 19.2 Å². The Morgan fingerprint density at radius 3 is 2.26 bits per heavy atom. The second-order valence-electron chi connectivity index (χ2n) is 9.41. The number of ether oxygens (including phenoxy) is 2. The first kappa shape index (κ1) is 24.0. The number of carbonyl (C=O) groups is 2. The summed E-state index contributed by atoms with van der Waals surface area (Å²) in [6.07, 6.45) is 0.937. The van der Waals surface area contributed by atoms with E-state index in [9.17, 15) is 18.0 Å². The summed E-state index contributed by atoms with van der Waals surface area (Å²) in [5, 5.41) is 5.22. The van der Waals surface area contributed by atoms with Gasteiger partial charge in [0.25, 0.3) is 0 Å². The number of para-hydroxylation sites is 1. The maximum atomic E-state index is 13.6. The first-order chi connectivity index (χ1) is 16.0. The van der Waals surface area contributed by atoms with Gasteiger partial charge in [-0.05, 0) is 42.2 Å². The molecule has 34 heavy (non-hydrogen) atoms. The highest BCUT2D eigenvalue weighted by Crippen LogP contribution is 2.50. The molecule has 9 heteroatoms. The summed E-state index contributed by atoms with van der Waals surface area (Å²) in [6.45, 7) is 3.99. The molecule has 2 aliphatic rings. The zero-order chi connectivity index (χ0) is 24.8. The van der Waals surface area contributed by atoms with Crippen molar-refractivity contribution in [2.24, 2.45) is 10.6 Å². The minimum atomic E-state index is -3.87. The molecular formula is C25H28N2O6S. The number of ketones is 1. The van der Waals surface area contributed by atoms with Crippen LogP contribution in [0.2, 0.25) is 0 Å². The Bertz CT molecular complexity index is 1300. The molecule has 2 aromatic carbocycles. The summed E-state index contributed by atoms with van der Waals surface area (Å²) in [5.41, 5.74) is 2.10. The van der Waals surface area contributed by atoms with Crippen LogP contribution in [0, 0.1) is 5.41 Å². The fourth-order valence-electron chi connectivity index (χ4n) is 4.95. The average molecular weight is 485 g/mol. The van der Waals surface area contributed by atoms with Crippen molar-refractivity contribution >= 4 is 27.4 Å². The molecule has 0 aromatic heterocycles. The molecule has 0 saturated carbocycles. The van der Waals surface area contributed by atoms with Gasteiger partial charge in [-0.15, -0.1) is 0 Å². The predicted molar refractivity (Wildman–Crippen MR) is 127 cm³/mol. The van der Waals surface area contributed by atoms with E-state index in [4.69, 9.17) is 14.6 Å². The highest BCUT2D eigenvalue weighted by atomic mass is 32.2. The molecule has 1 amide bonds. The van der Waals surface area contributed by atoms with Crippen LogP contribution >= 0.6 is 0 Å². The van der Waals surface area contributed by atoms with Gasteiger partial charge in [0.15, 0.2) is 17.3 Å². The number of Topliss-reactive ketones (excluding diaryl/α,β-unsaturated/α-hetero) is 1. The Morgan fingerprint density at radius 1 is 1.00 bits per heavy atom. The summed E-state index contributed by atoms with van der Waals surface area (Å²) in [5.74, 6) is 0.343. The summed E-state index contributed by atoms with van der Waals surface area (Å²) in [6, 6.07) is 11.3. The third kappa shape index (κ3) is 4.21. The molecule has 1 aliphatic heterocycles. The molecule has 1 unspecified atom stereocenters. The number of carbonyl (C=O) groups excluding carboxylic acids is 2. The number of nitrogens with zero attached hydrogens (tertiary/aromatic N) is 1. The number of hydrogen-bond acceptors (Lipinski definition) is 6. The number of amides is 1. The molecule has 0 bridgehead atoms. The first-order valence-electron chi connectivity index (χ1n) is 10.9. The van der Waals surface area contributed by atoms with Gasteiger partial charge in [-0.1, -0.05) is 26.0 Å². The predicted octanol–water partition coefficient (Wildman–Crippen LogP) is 3.51. The second-order valence-corrected chi connectivity index (χ2v) is 11.0. The lowest BCUT2D eigenvalue weighted by Gasteiger charge is -2.43. The third-order valence-corrected chi connectivity index (χ3v) is 7.30. The van der Waals surface area contributed by atoms with Gasteiger partial charge in [0.05, 0.1) is 19.1 Å². The number of allylic oxidation sites excluding steroid dienone is 2. The van der Waals surface area contributed by atoms with Gasteiger partial charge in [0.2, 0.25) is 15.9 Å². The van der Waals surface area contributed by atoms with Crippen LogP contribution in [0.3, 0.4) is 0 Å². The van der Waals surface area contributed by atoms with Crippen molar-refractivity contribution in [1.82, 2.24) is 0 Å². The van der Waals surface area contributed by atoms with E-state index in [0.29, 0.717) is 41.3 Å². The maximum Gasteiger partial charge on any atom is 0.238 e. The maximum absolute atomic E-state index is 13.6. The minimum Gasteiger partial charge on any atom is -0.493 e. The van der Waals surface area contributed by atoms with E-state index in [2.05, 4.69) is 0 Å². The van der Waals surface area contributed by atoms with E-state index in [1.807, 2.05) is 26.0 Å². The van der Waals surface area contributed by atoms with Crippen molar-refractivity contribution in [1.29, 1.82) is 0 Å². The number of nitrogens with two attached hydrogens (primary N) is 1. The van der Waals surface area contributed by atoms with Crippen LogP contribution in [-0.4, -0.2) is 34.3 Å². The van der Waals surface area contributed by atoms with Crippen molar-refractivity contribution in [3.63, 3.8) is 0 Å². The van der Waals surface area contributed by atoms with Crippen molar-refractivity contribution in [3.05, 3.63) is 59.3 Å². The Labute approximate surface area is 199 Å². The van der Waals surface area contributed by atoms with Gasteiger partial charge in [0.1, 0.15) is 0 Å². The molecule has 2 aromatic rings. The molecule has 180 valence electrons. The van der Waals surface area contributed by atoms with E-state index in [-0.39, 0.29) is 28.4 Å². The summed E-state index contributed by atoms with van der Waals surface area (Å²) in [7, 11) is -0.794. The van der Waals surface area contributed by atoms with Crippen LogP contribution in [-0.2, 0) is 19.6 Å². The zero-order valence-electron chi connectivity index (χ0n) is 19.6. The molecule has 1 heterocycles. The second kappa shape index (κ2) is 8.56. The molecule has 0 radical (unpaired) electrons. The van der Waals surface area contributed by atoms with E-state index >= 15 is 0 Å². The van der Waals surface area contributed by atoms with Crippen molar-refractivity contribution in [3.8, 4) is 11.5 Å². The lowest BCUT2D eigenvalue weighted by molar-refractivity contribution is -0.121. The summed E-state index contributed by atoms with van der Waals surface area (Å²) < 4.78 is 34.4. The molecule has 0 fully saturated rings. The van der Waals surface area contributed by atoms with Crippen LogP contribution in [0.5, 0.6) is 11.5 Å². The van der Waals surface area contributed by atoms with Crippen molar-refractivity contribution < 1.29 is 27.5 Å². The van der Waals surface area contributed by atoms with Gasteiger partial charge in [-0.3, -0.25) is 14.5 Å². The first-order valence-corrected chi connectivity index (χ1v) is 12.4. The topological polar surface area (TPSA) is 116 Å². The van der Waals surface area contributed by atoms with E-state index in [1.54, 1.807) is 30.2 Å². The minimum absolute atomic E-state index is 0.0141. The van der Waals surface area contributed by atoms with Gasteiger partial charge in [-0.2, -0.15) is 0 Å². The molecule has 8 nitrogen and oxygen atoms in total. The number of anilines is 1. The third-order valence-electron chi connectivity index (χ3n) is 6.38. The van der Waals surface area contributed by atoms with Gasteiger partial charge in [-0.25, -0.2) is 13.6 Å². The van der Waals surface area contributed by atoms with Crippen molar-refractivity contribution in [2.75, 3.05) is 19.1 Å². The van der Waals surface area contributed by atoms with Crippen LogP contribution in [0.25, 0.3) is 0 Å². The summed E-state index contributed by atoms with van der Waals surface area (Å²) in [4.78, 5) is 28.5. The fraction of sp³-hybridized carbons (Fsp3) is 0.360. The summed E-state index contributed by atoms with van der Waals surface area (Å²) >= 11 is 0. The van der Waals surface area contributed by atoms with Gasteiger partial charge in [0, 0.05) is 41.3 Å². The monoisotopic (exact) mass is 484 g/mol. The van der Waals surface area contributed by atoms with Gasteiger partial charge < -0.3 is 9.47 Å². The number of benzene rings is 2. The fourth-order valence-corrected chi connectivity index (χ4v) is 5.47. The standard InChI is InChI=1S/C25H28N2O6S/c1-25(2)13-19-23(20(28)14-25)18(17-6-5-7-21(32-3)24(17)33-4)12-22(29)27(19)15-8-10-16(11-9-15)34(26,30)31/h5-11,18H,12-14H2,1-4H3,(H2,26,30,31). The normalized spacial score (nSPS) is 20.3. The Balaban J connectivity index is 1.90. The lowest BCUT2D eigenvalue weighted by atomic mass is 9.69. The molecule has 2 N–H and O–H groups in total. The van der Waals surface area contributed by atoms with E-state index in [0.717, 1.165) is 5.56 Å². The molecule has 0 saturated heterocycles. The van der Waals surface area contributed by atoms with Crippen LogP contribution < -0.4 is 19.5 Å². The Hall–Kier alpha value is -3.17. The number of primary sulfonamides is 1. The van der Waals surface area contributed by atoms with Crippen LogP contribution in [0.4, 0.5) is 5.69 Å². The van der Waals surface area contributed by atoms with Gasteiger partial charge >= 0.3 is 0 Å². The average Bonchev–Trinajstić information content (AvgIpc) is 2.76. The van der Waals surface area contributed by atoms with Crippen LogP contribution in [0.15, 0.2) is 58.6 Å². The molecule has 1 aliphatic carbocycles. The molecule has 4 rings (SSSR count). The number of rotatable bonds is 5. The van der Waals surface area contributed by atoms with E-state index < -0.39 is 15.9 Å². The molecular weight excluding hydrogens is 456 g/mol. The van der Waals surface area contributed by atoms with Crippen molar-refractivity contribution in [2.45, 2.75) is 43.9 Å². The lowest BCUT2D eigenvalue weighted by Crippen LogP contribution is -2.43. The number of sulfonamides is 1. The highest BCUT2D eigenvalue weighted by Gasteiger charge is 2.45. The molecule has 0 spiro atoms. The Morgan fingerprint density at radius 2 is 1.68 bits per heavy atom. The van der Waals surface area contributed by atoms with Crippen LogP contribution in [0.1, 0.15) is 44.6 Å². The Kier molecular flexibility index (Phi) is 6.03.